The zero-order chi connectivity index (χ0) is 17.0. The van der Waals surface area contributed by atoms with Crippen LogP contribution in [0.1, 0.15) is 32.8 Å². The van der Waals surface area contributed by atoms with Crippen LogP contribution in [0, 0.1) is 5.92 Å². The summed E-state index contributed by atoms with van der Waals surface area (Å²) < 4.78 is 10.7. The number of methoxy groups -OCH3 is 2. The van der Waals surface area contributed by atoms with Gasteiger partial charge in [-0.25, -0.2) is 0 Å². The molecule has 0 saturated heterocycles. The molecule has 0 aromatic heterocycles. The standard InChI is InChI=1S/C18H29N3O2/c1-12-9-14(12)21-17(19-4)20-11-18(2,3)13-7-8-15(22-5)16(10-13)23-6/h7-8,10,12,14H,9,11H2,1-6H3,(H2,19,20,21). The fraction of sp³-hybridized carbons (Fsp3) is 0.611. The molecule has 2 N–H and O–H groups in total. The maximum atomic E-state index is 5.41. The Morgan fingerprint density at radius 3 is 2.43 bits per heavy atom. The van der Waals surface area contributed by atoms with Gasteiger partial charge in [-0.15, -0.1) is 0 Å². The van der Waals surface area contributed by atoms with Crippen LogP contribution in [0.25, 0.3) is 0 Å². The van der Waals surface area contributed by atoms with Crippen molar-refractivity contribution >= 4 is 5.96 Å². The number of nitrogens with zero attached hydrogens (tertiary/aromatic N) is 1. The molecule has 1 aromatic rings. The highest BCUT2D eigenvalue weighted by molar-refractivity contribution is 5.80. The van der Waals surface area contributed by atoms with E-state index in [9.17, 15) is 0 Å². The molecule has 2 atom stereocenters. The lowest BCUT2D eigenvalue weighted by Crippen LogP contribution is -2.44. The molecule has 1 saturated carbocycles. The minimum atomic E-state index is -0.0632. The minimum Gasteiger partial charge on any atom is -0.493 e. The Kier molecular flexibility index (Phi) is 5.39. The van der Waals surface area contributed by atoms with Crippen molar-refractivity contribution < 1.29 is 9.47 Å². The Bertz CT molecular complexity index is 569. The first kappa shape index (κ1) is 17.4. The number of benzene rings is 1. The minimum absolute atomic E-state index is 0.0632. The number of rotatable bonds is 6. The van der Waals surface area contributed by atoms with Gasteiger partial charge in [-0.05, 0) is 30.0 Å². The molecule has 1 aromatic carbocycles. The van der Waals surface area contributed by atoms with E-state index in [1.807, 2.05) is 19.2 Å². The summed E-state index contributed by atoms with van der Waals surface area (Å²) in [5.74, 6) is 3.12. The van der Waals surface area contributed by atoms with Gasteiger partial charge in [0.1, 0.15) is 0 Å². The maximum Gasteiger partial charge on any atom is 0.191 e. The van der Waals surface area contributed by atoms with Crippen molar-refractivity contribution in [2.75, 3.05) is 27.8 Å². The summed E-state index contributed by atoms with van der Waals surface area (Å²) in [5.41, 5.74) is 1.13. The summed E-state index contributed by atoms with van der Waals surface area (Å²) >= 11 is 0. The molecular formula is C18H29N3O2. The van der Waals surface area contributed by atoms with E-state index < -0.39 is 0 Å². The number of ether oxygens (including phenoxy) is 2. The average Bonchev–Trinajstić information content (AvgIpc) is 3.25. The number of nitrogens with one attached hydrogen (secondary N) is 2. The number of aliphatic imine (C=N–C) groups is 1. The summed E-state index contributed by atoms with van der Waals surface area (Å²) in [4.78, 5) is 4.31. The molecule has 1 fully saturated rings. The zero-order valence-corrected chi connectivity index (χ0v) is 15.1. The molecular weight excluding hydrogens is 290 g/mol. The van der Waals surface area contributed by atoms with Crippen LogP contribution in [0.15, 0.2) is 23.2 Å². The smallest absolute Gasteiger partial charge is 0.191 e. The maximum absolute atomic E-state index is 5.41. The number of hydrogen-bond donors (Lipinski definition) is 2. The molecule has 2 unspecified atom stereocenters. The molecule has 0 bridgehead atoms. The Labute approximate surface area is 139 Å². The van der Waals surface area contributed by atoms with Crippen LogP contribution in [-0.2, 0) is 5.41 Å². The van der Waals surface area contributed by atoms with Gasteiger partial charge in [-0.2, -0.15) is 0 Å². The molecule has 0 radical (unpaired) electrons. The Hall–Kier alpha value is -1.91. The number of hydrogen-bond acceptors (Lipinski definition) is 3. The lowest BCUT2D eigenvalue weighted by atomic mass is 9.84. The molecule has 1 aliphatic rings. The second-order valence-corrected chi connectivity index (χ2v) is 6.84. The predicted molar refractivity (Wildman–Crippen MR) is 94.6 cm³/mol. The second kappa shape index (κ2) is 7.11. The van der Waals surface area contributed by atoms with Gasteiger partial charge in [0.25, 0.3) is 0 Å². The van der Waals surface area contributed by atoms with Crippen LogP contribution in [-0.4, -0.2) is 39.8 Å². The van der Waals surface area contributed by atoms with Gasteiger partial charge >= 0.3 is 0 Å². The molecule has 5 heteroatoms. The highest BCUT2D eigenvalue weighted by Crippen LogP contribution is 2.33. The fourth-order valence-electron chi connectivity index (χ4n) is 2.56. The van der Waals surface area contributed by atoms with E-state index in [0.29, 0.717) is 6.04 Å². The summed E-state index contributed by atoms with van der Waals surface area (Å²) in [6, 6.07) is 6.64. The molecule has 0 spiro atoms. The van der Waals surface area contributed by atoms with Crippen molar-refractivity contribution in [2.24, 2.45) is 10.9 Å². The van der Waals surface area contributed by atoms with Gasteiger partial charge in [-0.1, -0.05) is 26.8 Å². The highest BCUT2D eigenvalue weighted by atomic mass is 16.5. The molecule has 0 aliphatic heterocycles. The van der Waals surface area contributed by atoms with E-state index in [1.165, 1.54) is 12.0 Å². The summed E-state index contributed by atoms with van der Waals surface area (Å²) in [7, 11) is 5.12. The van der Waals surface area contributed by atoms with Gasteiger partial charge in [-0.3, -0.25) is 4.99 Å². The topological polar surface area (TPSA) is 54.9 Å². The zero-order valence-electron chi connectivity index (χ0n) is 15.1. The fourth-order valence-corrected chi connectivity index (χ4v) is 2.56. The molecule has 0 amide bonds. The quantitative estimate of drug-likeness (QED) is 0.625. The lowest BCUT2D eigenvalue weighted by Gasteiger charge is -2.27. The van der Waals surface area contributed by atoms with Crippen LogP contribution in [0.5, 0.6) is 11.5 Å². The molecule has 128 valence electrons. The van der Waals surface area contributed by atoms with Gasteiger partial charge in [0, 0.05) is 25.0 Å². The van der Waals surface area contributed by atoms with Gasteiger partial charge in [0.2, 0.25) is 0 Å². The Balaban J connectivity index is 2.02. The predicted octanol–water partition coefficient (Wildman–Crippen LogP) is 2.55. The Morgan fingerprint density at radius 1 is 1.26 bits per heavy atom. The third-order valence-corrected chi connectivity index (χ3v) is 4.52. The van der Waals surface area contributed by atoms with E-state index >= 15 is 0 Å². The van der Waals surface area contributed by atoms with Crippen molar-refractivity contribution in [3.05, 3.63) is 23.8 Å². The van der Waals surface area contributed by atoms with E-state index in [1.54, 1.807) is 14.2 Å². The van der Waals surface area contributed by atoms with Crippen molar-refractivity contribution in [1.82, 2.24) is 10.6 Å². The molecule has 2 rings (SSSR count). The van der Waals surface area contributed by atoms with Crippen molar-refractivity contribution in [1.29, 1.82) is 0 Å². The van der Waals surface area contributed by atoms with Crippen LogP contribution < -0.4 is 20.1 Å². The molecule has 0 heterocycles. The van der Waals surface area contributed by atoms with Crippen LogP contribution in [0.4, 0.5) is 0 Å². The first-order valence-electron chi connectivity index (χ1n) is 8.11. The molecule has 23 heavy (non-hydrogen) atoms. The van der Waals surface area contributed by atoms with Crippen molar-refractivity contribution in [2.45, 2.75) is 38.6 Å². The SMILES string of the molecule is CN=C(NCC(C)(C)c1ccc(OC)c(OC)c1)NC1CC1C. The van der Waals surface area contributed by atoms with Crippen LogP contribution >= 0.6 is 0 Å². The van der Waals surface area contributed by atoms with E-state index in [4.69, 9.17) is 9.47 Å². The summed E-state index contributed by atoms with van der Waals surface area (Å²) in [6.07, 6.45) is 1.22. The average molecular weight is 319 g/mol. The normalized spacial score (nSPS) is 20.9. The van der Waals surface area contributed by atoms with Gasteiger partial charge in [0.15, 0.2) is 17.5 Å². The van der Waals surface area contributed by atoms with Gasteiger partial charge in [0.05, 0.1) is 14.2 Å². The highest BCUT2D eigenvalue weighted by Gasteiger charge is 2.33. The van der Waals surface area contributed by atoms with E-state index in [0.717, 1.165) is 29.9 Å². The largest absolute Gasteiger partial charge is 0.493 e. The summed E-state index contributed by atoms with van der Waals surface area (Å²) in [6.45, 7) is 7.43. The van der Waals surface area contributed by atoms with E-state index in [-0.39, 0.29) is 5.41 Å². The Morgan fingerprint density at radius 2 is 1.91 bits per heavy atom. The van der Waals surface area contributed by atoms with E-state index in [2.05, 4.69) is 42.5 Å². The van der Waals surface area contributed by atoms with Gasteiger partial charge < -0.3 is 20.1 Å². The third-order valence-electron chi connectivity index (χ3n) is 4.52. The third kappa shape index (κ3) is 4.30. The molecule has 5 nitrogen and oxygen atoms in total. The first-order valence-corrected chi connectivity index (χ1v) is 8.11. The number of guanidine groups is 1. The van der Waals surface area contributed by atoms with Crippen LogP contribution in [0.3, 0.4) is 0 Å². The second-order valence-electron chi connectivity index (χ2n) is 6.84. The lowest BCUT2D eigenvalue weighted by molar-refractivity contribution is 0.353. The summed E-state index contributed by atoms with van der Waals surface area (Å²) in [5, 5.41) is 6.88. The van der Waals surface area contributed by atoms with Crippen molar-refractivity contribution in [3.8, 4) is 11.5 Å². The first-order chi connectivity index (χ1) is 10.9. The monoisotopic (exact) mass is 319 g/mol. The van der Waals surface area contributed by atoms with Crippen LogP contribution in [0.2, 0.25) is 0 Å². The molecule has 1 aliphatic carbocycles. The van der Waals surface area contributed by atoms with Crippen molar-refractivity contribution in [3.63, 3.8) is 0 Å².